The van der Waals surface area contributed by atoms with Crippen LogP contribution in [0.15, 0.2) is 48.5 Å². The van der Waals surface area contributed by atoms with Crippen molar-refractivity contribution in [2.75, 3.05) is 6.61 Å². The van der Waals surface area contributed by atoms with E-state index >= 15 is 0 Å². The number of nitrogens with zero attached hydrogens (tertiary/aromatic N) is 1. The minimum atomic E-state index is 0.698. The van der Waals surface area contributed by atoms with Gasteiger partial charge in [0.1, 0.15) is 11.6 Å². The summed E-state index contributed by atoms with van der Waals surface area (Å²) in [5.41, 5.74) is 3.32. The van der Waals surface area contributed by atoms with Gasteiger partial charge in [0.2, 0.25) is 0 Å². The number of aromatic amines is 1. The molecule has 0 radical (unpaired) electrons. The second-order valence-electron chi connectivity index (χ2n) is 4.88. The van der Waals surface area contributed by atoms with Gasteiger partial charge in [-0.05, 0) is 36.8 Å². The van der Waals surface area contributed by atoms with E-state index in [0.29, 0.717) is 6.61 Å². The number of ether oxygens (including phenoxy) is 1. The number of imidazole rings is 1. The third-order valence-electron chi connectivity index (χ3n) is 3.29. The highest BCUT2D eigenvalue weighted by molar-refractivity contribution is 5.74. The molecule has 1 aromatic heterocycles. The summed E-state index contributed by atoms with van der Waals surface area (Å²) in [7, 11) is 0. The fourth-order valence-corrected chi connectivity index (χ4v) is 2.28. The number of rotatable bonds is 6. The summed E-state index contributed by atoms with van der Waals surface area (Å²) < 4.78 is 5.43. The van der Waals surface area contributed by atoms with Crippen LogP contribution in [0.1, 0.15) is 18.3 Å². The summed E-state index contributed by atoms with van der Waals surface area (Å²) >= 11 is 0. The molecule has 108 valence electrons. The van der Waals surface area contributed by atoms with E-state index in [-0.39, 0.29) is 0 Å². The predicted octanol–water partition coefficient (Wildman–Crippen LogP) is 3.25. The molecule has 21 heavy (non-hydrogen) atoms. The molecular weight excluding hydrogens is 262 g/mol. The van der Waals surface area contributed by atoms with E-state index in [9.17, 15) is 0 Å². The zero-order valence-corrected chi connectivity index (χ0v) is 12.1. The summed E-state index contributed by atoms with van der Waals surface area (Å²) in [4.78, 5) is 7.86. The van der Waals surface area contributed by atoms with E-state index in [1.165, 1.54) is 5.56 Å². The SMILES string of the molecule is CCOc1ccc(CNCc2nc3ccccc3[nH]2)cc1. The van der Waals surface area contributed by atoms with Crippen LogP contribution in [0, 0.1) is 0 Å². The molecular formula is C17H19N3O. The highest BCUT2D eigenvalue weighted by Gasteiger charge is 2.01. The minimum Gasteiger partial charge on any atom is -0.494 e. The normalized spacial score (nSPS) is 10.9. The Bertz CT molecular complexity index is 670. The van der Waals surface area contributed by atoms with Gasteiger partial charge in [-0.25, -0.2) is 4.98 Å². The van der Waals surface area contributed by atoms with Crippen molar-refractivity contribution >= 4 is 11.0 Å². The second kappa shape index (κ2) is 6.41. The highest BCUT2D eigenvalue weighted by atomic mass is 16.5. The Morgan fingerprint density at radius 1 is 1.05 bits per heavy atom. The van der Waals surface area contributed by atoms with Crippen LogP contribution in [0.25, 0.3) is 11.0 Å². The van der Waals surface area contributed by atoms with Gasteiger partial charge in [-0.15, -0.1) is 0 Å². The van der Waals surface area contributed by atoms with E-state index < -0.39 is 0 Å². The molecule has 3 aromatic rings. The van der Waals surface area contributed by atoms with Crippen LogP contribution < -0.4 is 10.1 Å². The van der Waals surface area contributed by atoms with E-state index in [1.807, 2.05) is 43.3 Å². The summed E-state index contributed by atoms with van der Waals surface area (Å²) in [5, 5.41) is 3.40. The van der Waals surface area contributed by atoms with Crippen molar-refractivity contribution in [2.24, 2.45) is 0 Å². The molecule has 4 nitrogen and oxygen atoms in total. The zero-order valence-electron chi connectivity index (χ0n) is 12.1. The van der Waals surface area contributed by atoms with Gasteiger partial charge in [0, 0.05) is 6.54 Å². The molecule has 0 unspecified atom stereocenters. The molecule has 4 heteroatoms. The van der Waals surface area contributed by atoms with Gasteiger partial charge in [0.05, 0.1) is 24.2 Å². The molecule has 0 saturated carbocycles. The molecule has 3 rings (SSSR count). The smallest absolute Gasteiger partial charge is 0.121 e. The van der Waals surface area contributed by atoms with Gasteiger partial charge in [-0.1, -0.05) is 24.3 Å². The topological polar surface area (TPSA) is 49.9 Å². The lowest BCUT2D eigenvalue weighted by Crippen LogP contribution is -2.13. The van der Waals surface area contributed by atoms with E-state index in [4.69, 9.17) is 4.74 Å². The first-order chi connectivity index (χ1) is 10.3. The van der Waals surface area contributed by atoms with Crippen LogP contribution in [0.2, 0.25) is 0 Å². The lowest BCUT2D eigenvalue weighted by Gasteiger charge is -2.05. The summed E-state index contributed by atoms with van der Waals surface area (Å²) in [6, 6.07) is 16.2. The third kappa shape index (κ3) is 3.41. The first-order valence-corrected chi connectivity index (χ1v) is 7.21. The van der Waals surface area contributed by atoms with Crippen LogP contribution in [0.3, 0.4) is 0 Å². The van der Waals surface area contributed by atoms with E-state index in [0.717, 1.165) is 35.7 Å². The Labute approximate surface area is 124 Å². The summed E-state index contributed by atoms with van der Waals surface area (Å²) in [6.45, 7) is 4.22. The molecule has 2 aromatic carbocycles. The first kappa shape index (κ1) is 13.6. The number of aromatic nitrogens is 2. The van der Waals surface area contributed by atoms with Crippen molar-refractivity contribution in [3.63, 3.8) is 0 Å². The lowest BCUT2D eigenvalue weighted by atomic mass is 10.2. The molecule has 0 fully saturated rings. The van der Waals surface area contributed by atoms with Gasteiger partial charge in [0.25, 0.3) is 0 Å². The van der Waals surface area contributed by atoms with Crippen LogP contribution in [0.4, 0.5) is 0 Å². The van der Waals surface area contributed by atoms with E-state index in [1.54, 1.807) is 0 Å². The fourth-order valence-electron chi connectivity index (χ4n) is 2.28. The van der Waals surface area contributed by atoms with Gasteiger partial charge in [0.15, 0.2) is 0 Å². The molecule has 0 bridgehead atoms. The average molecular weight is 281 g/mol. The first-order valence-electron chi connectivity index (χ1n) is 7.21. The van der Waals surface area contributed by atoms with Crippen molar-refractivity contribution < 1.29 is 4.74 Å². The number of benzene rings is 2. The van der Waals surface area contributed by atoms with Crippen molar-refractivity contribution in [3.05, 3.63) is 59.9 Å². The Morgan fingerprint density at radius 3 is 2.62 bits per heavy atom. The molecule has 0 amide bonds. The van der Waals surface area contributed by atoms with Crippen LogP contribution >= 0.6 is 0 Å². The minimum absolute atomic E-state index is 0.698. The number of H-pyrrole nitrogens is 1. The Balaban J connectivity index is 1.55. The predicted molar refractivity (Wildman–Crippen MR) is 84.2 cm³/mol. The van der Waals surface area contributed by atoms with Gasteiger partial charge in [-0.3, -0.25) is 0 Å². The van der Waals surface area contributed by atoms with Crippen molar-refractivity contribution in [1.29, 1.82) is 0 Å². The standard InChI is InChI=1S/C17H19N3O/c1-2-21-14-9-7-13(8-10-14)11-18-12-17-19-15-5-3-4-6-16(15)20-17/h3-10,18H,2,11-12H2,1H3,(H,19,20). The van der Waals surface area contributed by atoms with Gasteiger partial charge in [-0.2, -0.15) is 0 Å². The molecule has 0 aliphatic carbocycles. The molecule has 0 saturated heterocycles. The summed E-state index contributed by atoms with van der Waals surface area (Å²) in [5.74, 6) is 1.88. The van der Waals surface area contributed by atoms with E-state index in [2.05, 4.69) is 27.4 Å². The second-order valence-corrected chi connectivity index (χ2v) is 4.88. The average Bonchev–Trinajstić information content (AvgIpc) is 2.92. The fraction of sp³-hybridized carbons (Fsp3) is 0.235. The lowest BCUT2D eigenvalue weighted by molar-refractivity contribution is 0.340. The zero-order chi connectivity index (χ0) is 14.5. The number of hydrogen-bond acceptors (Lipinski definition) is 3. The van der Waals surface area contributed by atoms with Gasteiger partial charge >= 0.3 is 0 Å². The Hall–Kier alpha value is -2.33. The Kier molecular flexibility index (Phi) is 4.17. The maximum atomic E-state index is 5.43. The molecule has 2 N–H and O–H groups in total. The van der Waals surface area contributed by atoms with Crippen molar-refractivity contribution in [1.82, 2.24) is 15.3 Å². The molecule has 0 spiro atoms. The Morgan fingerprint density at radius 2 is 1.86 bits per heavy atom. The number of hydrogen-bond donors (Lipinski definition) is 2. The third-order valence-corrected chi connectivity index (χ3v) is 3.29. The van der Waals surface area contributed by atoms with Crippen LogP contribution in [0.5, 0.6) is 5.75 Å². The van der Waals surface area contributed by atoms with Crippen molar-refractivity contribution in [2.45, 2.75) is 20.0 Å². The number of para-hydroxylation sites is 2. The maximum Gasteiger partial charge on any atom is 0.121 e. The molecule has 1 heterocycles. The molecule has 0 atom stereocenters. The number of fused-ring (bicyclic) bond motifs is 1. The molecule has 0 aliphatic rings. The highest BCUT2D eigenvalue weighted by Crippen LogP contribution is 2.12. The number of nitrogens with one attached hydrogen (secondary N) is 2. The monoisotopic (exact) mass is 281 g/mol. The summed E-state index contributed by atoms with van der Waals surface area (Å²) in [6.07, 6.45) is 0. The van der Waals surface area contributed by atoms with Crippen LogP contribution in [-0.4, -0.2) is 16.6 Å². The largest absolute Gasteiger partial charge is 0.494 e. The maximum absolute atomic E-state index is 5.43. The molecule has 0 aliphatic heterocycles. The van der Waals surface area contributed by atoms with Crippen LogP contribution in [-0.2, 0) is 13.1 Å². The quantitative estimate of drug-likeness (QED) is 0.729. The van der Waals surface area contributed by atoms with Gasteiger partial charge < -0.3 is 15.0 Å². The van der Waals surface area contributed by atoms with Crippen molar-refractivity contribution in [3.8, 4) is 5.75 Å².